The van der Waals surface area contributed by atoms with Gasteiger partial charge < -0.3 is 10.2 Å². The summed E-state index contributed by atoms with van der Waals surface area (Å²) in [7, 11) is 0. The fraction of sp³-hybridized carbons (Fsp3) is 0.333. The highest BCUT2D eigenvalue weighted by atomic mass is 32.2. The number of rotatable bonds is 4. The van der Waals surface area contributed by atoms with Crippen LogP contribution in [0.4, 0.5) is 0 Å². The molecule has 0 fully saturated rings. The van der Waals surface area contributed by atoms with Crippen LogP contribution in [0.15, 0.2) is 40.8 Å². The van der Waals surface area contributed by atoms with Crippen molar-refractivity contribution in [3.63, 3.8) is 0 Å². The van der Waals surface area contributed by atoms with Gasteiger partial charge in [0, 0.05) is 43.3 Å². The van der Waals surface area contributed by atoms with Crippen LogP contribution in [0, 0.1) is 0 Å². The second kappa shape index (κ2) is 6.04. The van der Waals surface area contributed by atoms with E-state index < -0.39 is 0 Å². The first-order valence-corrected chi connectivity index (χ1v) is 8.41. The SMILES string of the molecule is O=C(CC1=CSC2=NCCCN12)NCc1cnn2cccnc12. The minimum absolute atomic E-state index is 0.000968. The van der Waals surface area contributed by atoms with E-state index in [1.54, 1.807) is 28.7 Å². The van der Waals surface area contributed by atoms with Gasteiger partial charge in [0.1, 0.15) is 0 Å². The van der Waals surface area contributed by atoms with Crippen LogP contribution in [0.2, 0.25) is 0 Å². The molecule has 0 unspecified atom stereocenters. The van der Waals surface area contributed by atoms with Crippen LogP contribution in [0.25, 0.3) is 5.65 Å². The molecule has 0 saturated carbocycles. The Kier molecular flexibility index (Phi) is 3.74. The van der Waals surface area contributed by atoms with Crippen molar-refractivity contribution < 1.29 is 4.79 Å². The smallest absolute Gasteiger partial charge is 0.226 e. The molecule has 0 aromatic carbocycles. The lowest BCUT2D eigenvalue weighted by Gasteiger charge is -2.25. The van der Waals surface area contributed by atoms with Gasteiger partial charge in [0.2, 0.25) is 5.91 Å². The third-order valence-electron chi connectivity index (χ3n) is 3.83. The Morgan fingerprint density at radius 3 is 3.35 bits per heavy atom. The van der Waals surface area contributed by atoms with E-state index in [4.69, 9.17) is 0 Å². The molecule has 0 saturated heterocycles. The largest absolute Gasteiger partial charge is 0.351 e. The Morgan fingerprint density at radius 1 is 1.43 bits per heavy atom. The molecule has 0 atom stereocenters. The summed E-state index contributed by atoms with van der Waals surface area (Å²) < 4.78 is 1.70. The number of amides is 1. The maximum absolute atomic E-state index is 12.2. The number of thioether (sulfide) groups is 1. The first-order valence-electron chi connectivity index (χ1n) is 7.53. The van der Waals surface area contributed by atoms with Gasteiger partial charge in [-0.1, -0.05) is 11.8 Å². The summed E-state index contributed by atoms with van der Waals surface area (Å²) in [6.07, 6.45) is 6.71. The quantitative estimate of drug-likeness (QED) is 0.918. The molecule has 7 nitrogen and oxygen atoms in total. The van der Waals surface area contributed by atoms with Gasteiger partial charge >= 0.3 is 0 Å². The molecule has 8 heteroatoms. The van der Waals surface area contributed by atoms with E-state index in [0.29, 0.717) is 13.0 Å². The van der Waals surface area contributed by atoms with E-state index in [9.17, 15) is 4.79 Å². The van der Waals surface area contributed by atoms with Crippen LogP contribution >= 0.6 is 11.8 Å². The summed E-state index contributed by atoms with van der Waals surface area (Å²) in [4.78, 5) is 23.1. The predicted molar refractivity (Wildman–Crippen MR) is 88.7 cm³/mol. The number of hydrogen-bond acceptors (Lipinski definition) is 6. The lowest BCUT2D eigenvalue weighted by molar-refractivity contribution is -0.120. The molecule has 4 heterocycles. The molecule has 0 spiro atoms. The lowest BCUT2D eigenvalue weighted by atomic mass is 10.2. The van der Waals surface area contributed by atoms with Crippen molar-refractivity contribution >= 4 is 28.5 Å². The highest BCUT2D eigenvalue weighted by Crippen LogP contribution is 2.30. The highest BCUT2D eigenvalue weighted by molar-refractivity contribution is 8.16. The molecule has 1 N–H and O–H groups in total. The molecule has 0 aliphatic carbocycles. The zero-order valence-electron chi connectivity index (χ0n) is 12.5. The fourth-order valence-electron chi connectivity index (χ4n) is 2.70. The third-order valence-corrected chi connectivity index (χ3v) is 4.79. The second-order valence-electron chi connectivity index (χ2n) is 5.41. The van der Waals surface area contributed by atoms with Crippen molar-refractivity contribution in [2.75, 3.05) is 13.1 Å². The van der Waals surface area contributed by atoms with E-state index in [0.717, 1.165) is 41.6 Å². The molecule has 2 aromatic heterocycles. The Balaban J connectivity index is 1.37. The number of aromatic nitrogens is 3. The van der Waals surface area contributed by atoms with Gasteiger partial charge in [0.05, 0.1) is 12.6 Å². The van der Waals surface area contributed by atoms with Gasteiger partial charge in [-0.2, -0.15) is 5.10 Å². The van der Waals surface area contributed by atoms with E-state index in [-0.39, 0.29) is 5.91 Å². The van der Waals surface area contributed by atoms with Crippen LogP contribution in [0.1, 0.15) is 18.4 Å². The van der Waals surface area contributed by atoms with Crippen molar-refractivity contribution in [2.45, 2.75) is 19.4 Å². The predicted octanol–water partition coefficient (Wildman–Crippen LogP) is 1.39. The fourth-order valence-corrected chi connectivity index (χ4v) is 3.65. The maximum atomic E-state index is 12.2. The number of fused-ring (bicyclic) bond motifs is 2. The van der Waals surface area contributed by atoms with E-state index in [1.165, 1.54) is 0 Å². The van der Waals surface area contributed by atoms with Crippen molar-refractivity contribution in [2.24, 2.45) is 4.99 Å². The number of hydrogen-bond donors (Lipinski definition) is 1. The molecule has 2 aromatic rings. The molecular formula is C15H16N6OS. The summed E-state index contributed by atoms with van der Waals surface area (Å²) in [6.45, 7) is 2.26. The first kappa shape index (κ1) is 14.3. The average molecular weight is 328 g/mol. The minimum Gasteiger partial charge on any atom is -0.351 e. The Bertz CT molecular complexity index is 811. The maximum Gasteiger partial charge on any atom is 0.226 e. The van der Waals surface area contributed by atoms with Crippen molar-refractivity contribution in [3.8, 4) is 0 Å². The summed E-state index contributed by atoms with van der Waals surface area (Å²) in [6, 6.07) is 1.82. The summed E-state index contributed by atoms with van der Waals surface area (Å²) in [5, 5.41) is 10.2. The molecule has 0 radical (unpaired) electrons. The van der Waals surface area contributed by atoms with Crippen molar-refractivity contribution in [3.05, 3.63) is 41.3 Å². The van der Waals surface area contributed by atoms with E-state index in [2.05, 4.69) is 25.3 Å². The van der Waals surface area contributed by atoms with Gasteiger partial charge in [-0.15, -0.1) is 0 Å². The molecule has 23 heavy (non-hydrogen) atoms. The van der Waals surface area contributed by atoms with E-state index >= 15 is 0 Å². The second-order valence-corrected chi connectivity index (χ2v) is 6.24. The van der Waals surface area contributed by atoms with E-state index in [1.807, 2.05) is 17.7 Å². The van der Waals surface area contributed by atoms with Crippen molar-refractivity contribution in [1.29, 1.82) is 0 Å². The molecule has 1 amide bonds. The molecule has 0 bridgehead atoms. The standard InChI is InChI=1S/C15H16N6OS/c22-13(7-12-10-23-15-17-4-1-5-20(12)15)18-8-11-9-19-21-6-2-3-16-14(11)21/h2-3,6,9-10H,1,4-5,7-8H2,(H,18,22). The third kappa shape index (κ3) is 2.81. The van der Waals surface area contributed by atoms with Crippen LogP contribution in [0.3, 0.4) is 0 Å². The van der Waals surface area contributed by atoms with Gasteiger partial charge in [0.25, 0.3) is 0 Å². The first-order chi connectivity index (χ1) is 11.3. The Morgan fingerprint density at radius 2 is 2.39 bits per heavy atom. The van der Waals surface area contributed by atoms with Gasteiger partial charge in [-0.25, -0.2) is 9.50 Å². The number of amidine groups is 1. The minimum atomic E-state index is -0.000968. The Labute approximate surface area is 137 Å². The Hall–Kier alpha value is -2.35. The van der Waals surface area contributed by atoms with Gasteiger partial charge in [-0.05, 0) is 17.9 Å². The number of carbonyl (C=O) groups is 1. The monoisotopic (exact) mass is 328 g/mol. The number of nitrogens with zero attached hydrogens (tertiary/aromatic N) is 5. The normalized spacial score (nSPS) is 17.0. The van der Waals surface area contributed by atoms with Gasteiger partial charge in [0.15, 0.2) is 10.8 Å². The summed E-state index contributed by atoms with van der Waals surface area (Å²) >= 11 is 1.60. The average Bonchev–Trinajstić information content (AvgIpc) is 3.18. The van der Waals surface area contributed by atoms with Gasteiger partial charge in [-0.3, -0.25) is 9.79 Å². The molecule has 4 rings (SSSR count). The zero-order valence-corrected chi connectivity index (χ0v) is 13.3. The van der Waals surface area contributed by atoms with Crippen LogP contribution < -0.4 is 5.32 Å². The van der Waals surface area contributed by atoms with Crippen LogP contribution in [0.5, 0.6) is 0 Å². The van der Waals surface area contributed by atoms with Crippen LogP contribution in [-0.2, 0) is 11.3 Å². The number of aliphatic imine (C=N–C) groups is 1. The van der Waals surface area contributed by atoms with Crippen LogP contribution in [-0.4, -0.2) is 43.7 Å². The molecule has 118 valence electrons. The summed E-state index contributed by atoms with van der Waals surface area (Å²) in [5.74, 6) is -0.000968. The molecule has 2 aliphatic heterocycles. The van der Waals surface area contributed by atoms with Crippen molar-refractivity contribution in [1.82, 2.24) is 24.8 Å². The zero-order chi connectivity index (χ0) is 15.6. The summed E-state index contributed by atoms with van der Waals surface area (Å²) in [5.41, 5.74) is 2.71. The number of carbonyl (C=O) groups excluding carboxylic acids is 1. The lowest BCUT2D eigenvalue weighted by Crippen LogP contribution is -2.32. The molecule has 2 aliphatic rings. The highest BCUT2D eigenvalue weighted by Gasteiger charge is 2.26. The molecular weight excluding hydrogens is 312 g/mol. The topological polar surface area (TPSA) is 74.9 Å². The number of nitrogens with one attached hydrogen (secondary N) is 1.